The first kappa shape index (κ1) is 13.9. The molecule has 116 valence electrons. The average molecular weight is 325 g/mol. The van der Waals surface area contributed by atoms with Gasteiger partial charge in [0.15, 0.2) is 11.5 Å². The van der Waals surface area contributed by atoms with Gasteiger partial charge in [-0.05, 0) is 28.5 Å². The van der Waals surface area contributed by atoms with Crippen LogP contribution in [0, 0.1) is 0 Å². The van der Waals surface area contributed by atoms with Crippen LogP contribution in [0.25, 0.3) is 11.2 Å². The lowest BCUT2D eigenvalue weighted by Gasteiger charge is -2.17. The largest absolute Gasteiger partial charge is 0.366 e. The number of fused-ring (bicyclic) bond motifs is 1. The van der Waals surface area contributed by atoms with Gasteiger partial charge in [-0.25, -0.2) is 15.0 Å². The fraction of sp³-hybridized carbons (Fsp3) is 0.200. The number of nitrogens with zero attached hydrogens (tertiary/aromatic N) is 6. The number of aryl methyl sites for hydroxylation is 1. The molecule has 1 atom stereocenters. The lowest BCUT2D eigenvalue weighted by atomic mass is 10.1. The quantitative estimate of drug-likeness (QED) is 0.609. The molecular formula is C15H15N7S. The Morgan fingerprint density at radius 2 is 2.26 bits per heavy atom. The fourth-order valence-electron chi connectivity index (χ4n) is 2.56. The predicted octanol–water partition coefficient (Wildman–Crippen LogP) is 2.32. The Balaban J connectivity index is 1.63. The lowest BCUT2D eigenvalue weighted by Crippen LogP contribution is -2.20. The molecule has 4 aromatic heterocycles. The van der Waals surface area contributed by atoms with Gasteiger partial charge < -0.3 is 9.88 Å². The molecule has 0 saturated carbocycles. The van der Waals surface area contributed by atoms with Crippen LogP contribution in [0.15, 0.2) is 47.9 Å². The molecule has 0 bridgehead atoms. The number of thiophene rings is 1. The second-order valence-corrected chi connectivity index (χ2v) is 5.97. The Morgan fingerprint density at radius 1 is 1.30 bits per heavy atom. The van der Waals surface area contributed by atoms with Crippen LogP contribution in [0.1, 0.15) is 11.6 Å². The van der Waals surface area contributed by atoms with Crippen molar-refractivity contribution in [1.29, 1.82) is 0 Å². The van der Waals surface area contributed by atoms with Gasteiger partial charge in [-0.2, -0.15) is 16.4 Å². The average Bonchev–Trinajstić information content (AvgIpc) is 3.31. The van der Waals surface area contributed by atoms with Crippen LogP contribution in [0.4, 0.5) is 5.82 Å². The van der Waals surface area contributed by atoms with Crippen molar-refractivity contribution in [2.45, 2.75) is 6.04 Å². The van der Waals surface area contributed by atoms with E-state index in [0.29, 0.717) is 6.54 Å². The first-order valence-electron chi connectivity index (χ1n) is 7.20. The van der Waals surface area contributed by atoms with E-state index >= 15 is 0 Å². The standard InChI is InChI=1S/C15H15N7S/c1-21-10-19-13-14(17-9-18-15(13)21)16-7-12(11-3-6-23-8-11)22-5-2-4-20-22/h2-6,8-10,12H,7H2,1H3,(H,16,17,18). The van der Waals surface area contributed by atoms with E-state index in [0.717, 1.165) is 17.0 Å². The van der Waals surface area contributed by atoms with Crippen LogP contribution in [0.2, 0.25) is 0 Å². The smallest absolute Gasteiger partial charge is 0.165 e. The zero-order valence-electron chi connectivity index (χ0n) is 12.5. The molecule has 0 radical (unpaired) electrons. The van der Waals surface area contributed by atoms with Crippen molar-refractivity contribution < 1.29 is 0 Å². The van der Waals surface area contributed by atoms with Gasteiger partial charge in [-0.3, -0.25) is 4.68 Å². The van der Waals surface area contributed by atoms with E-state index in [2.05, 4.69) is 42.2 Å². The van der Waals surface area contributed by atoms with Crippen molar-refractivity contribution in [2.75, 3.05) is 11.9 Å². The highest BCUT2D eigenvalue weighted by molar-refractivity contribution is 7.07. The molecule has 4 heterocycles. The summed E-state index contributed by atoms with van der Waals surface area (Å²) in [5.41, 5.74) is 2.81. The molecular weight excluding hydrogens is 310 g/mol. The molecule has 4 aromatic rings. The van der Waals surface area contributed by atoms with Crippen molar-refractivity contribution in [2.24, 2.45) is 7.05 Å². The van der Waals surface area contributed by atoms with E-state index in [1.165, 1.54) is 5.56 Å². The molecule has 0 aliphatic heterocycles. The van der Waals surface area contributed by atoms with Gasteiger partial charge >= 0.3 is 0 Å². The van der Waals surface area contributed by atoms with Gasteiger partial charge in [-0.1, -0.05) is 0 Å². The minimum absolute atomic E-state index is 0.102. The maximum Gasteiger partial charge on any atom is 0.165 e. The summed E-state index contributed by atoms with van der Waals surface area (Å²) in [6.45, 7) is 0.668. The number of hydrogen-bond donors (Lipinski definition) is 1. The van der Waals surface area contributed by atoms with Crippen molar-refractivity contribution in [3.63, 3.8) is 0 Å². The molecule has 0 amide bonds. The second-order valence-electron chi connectivity index (χ2n) is 5.19. The Kier molecular flexibility index (Phi) is 3.51. The molecule has 0 aromatic carbocycles. The fourth-order valence-corrected chi connectivity index (χ4v) is 3.27. The summed E-state index contributed by atoms with van der Waals surface area (Å²) in [7, 11) is 1.92. The topological polar surface area (TPSA) is 73.5 Å². The summed E-state index contributed by atoms with van der Waals surface area (Å²) in [5.74, 6) is 0.739. The highest BCUT2D eigenvalue weighted by Gasteiger charge is 2.16. The molecule has 0 spiro atoms. The molecule has 7 nitrogen and oxygen atoms in total. The highest BCUT2D eigenvalue weighted by atomic mass is 32.1. The zero-order chi connectivity index (χ0) is 15.6. The number of imidazole rings is 1. The summed E-state index contributed by atoms with van der Waals surface area (Å²) in [6, 6.07) is 4.15. The zero-order valence-corrected chi connectivity index (χ0v) is 13.3. The minimum Gasteiger partial charge on any atom is -0.366 e. The van der Waals surface area contributed by atoms with Crippen LogP contribution in [0.5, 0.6) is 0 Å². The summed E-state index contributed by atoms with van der Waals surface area (Å²) in [6.07, 6.45) is 7.07. The highest BCUT2D eigenvalue weighted by Crippen LogP contribution is 2.22. The van der Waals surface area contributed by atoms with E-state index in [9.17, 15) is 0 Å². The Labute approximate surface area is 136 Å². The Hall–Kier alpha value is -2.74. The third-order valence-electron chi connectivity index (χ3n) is 3.73. The monoisotopic (exact) mass is 325 g/mol. The lowest BCUT2D eigenvalue weighted by molar-refractivity contribution is 0.545. The Bertz CT molecular complexity index is 861. The summed E-state index contributed by atoms with van der Waals surface area (Å²) < 4.78 is 3.83. The molecule has 1 unspecified atom stereocenters. The molecule has 0 aliphatic rings. The summed E-state index contributed by atoms with van der Waals surface area (Å²) >= 11 is 1.68. The van der Waals surface area contributed by atoms with Gasteiger partial charge in [0, 0.05) is 26.0 Å². The normalized spacial score (nSPS) is 12.6. The number of nitrogens with one attached hydrogen (secondary N) is 1. The second kappa shape index (κ2) is 5.81. The van der Waals surface area contributed by atoms with Crippen molar-refractivity contribution >= 4 is 28.3 Å². The van der Waals surface area contributed by atoms with Crippen LogP contribution in [-0.4, -0.2) is 35.8 Å². The SMILES string of the molecule is Cn1cnc2c(NCC(c3ccsc3)n3cccn3)ncnc21. The van der Waals surface area contributed by atoms with Gasteiger partial charge in [-0.15, -0.1) is 0 Å². The molecule has 4 rings (SSSR count). The van der Waals surface area contributed by atoms with Crippen molar-refractivity contribution in [3.05, 3.63) is 53.5 Å². The summed E-state index contributed by atoms with van der Waals surface area (Å²) in [5, 5.41) is 12.0. The van der Waals surface area contributed by atoms with Gasteiger partial charge in [0.25, 0.3) is 0 Å². The van der Waals surface area contributed by atoms with Gasteiger partial charge in [0.2, 0.25) is 0 Å². The van der Waals surface area contributed by atoms with Crippen LogP contribution < -0.4 is 5.32 Å². The first-order valence-corrected chi connectivity index (χ1v) is 8.14. The molecule has 23 heavy (non-hydrogen) atoms. The van der Waals surface area contributed by atoms with Crippen molar-refractivity contribution in [1.82, 2.24) is 29.3 Å². The molecule has 0 aliphatic carbocycles. The number of rotatable bonds is 5. The number of anilines is 1. The molecule has 1 N–H and O–H groups in total. The molecule has 0 saturated heterocycles. The van der Waals surface area contributed by atoms with Crippen LogP contribution >= 0.6 is 11.3 Å². The van der Waals surface area contributed by atoms with E-state index in [-0.39, 0.29) is 6.04 Å². The predicted molar refractivity (Wildman–Crippen MR) is 89.5 cm³/mol. The number of aromatic nitrogens is 6. The van der Waals surface area contributed by atoms with Crippen molar-refractivity contribution in [3.8, 4) is 0 Å². The number of hydrogen-bond acceptors (Lipinski definition) is 6. The van der Waals surface area contributed by atoms with Crippen LogP contribution in [0.3, 0.4) is 0 Å². The molecule has 0 fully saturated rings. The Morgan fingerprint density at radius 3 is 3.04 bits per heavy atom. The maximum atomic E-state index is 4.38. The third-order valence-corrected chi connectivity index (χ3v) is 4.43. The summed E-state index contributed by atoms with van der Waals surface area (Å²) in [4.78, 5) is 13.0. The van der Waals surface area contributed by atoms with E-state index < -0.39 is 0 Å². The van der Waals surface area contributed by atoms with Crippen LogP contribution in [-0.2, 0) is 7.05 Å². The van der Waals surface area contributed by atoms with E-state index in [4.69, 9.17) is 0 Å². The van der Waals surface area contributed by atoms with E-state index in [1.807, 2.05) is 28.6 Å². The van der Waals surface area contributed by atoms with E-state index in [1.54, 1.807) is 30.2 Å². The first-order chi connectivity index (χ1) is 11.3. The van der Waals surface area contributed by atoms with Gasteiger partial charge in [0.05, 0.1) is 12.4 Å². The maximum absolute atomic E-state index is 4.38. The minimum atomic E-state index is 0.102. The third kappa shape index (κ3) is 2.57. The molecule has 8 heteroatoms. The van der Waals surface area contributed by atoms with Gasteiger partial charge in [0.1, 0.15) is 11.8 Å².